The molecule has 0 bridgehead atoms. The van der Waals surface area contributed by atoms with E-state index in [1.165, 1.54) is 57.1 Å². The number of ether oxygens (including phenoxy) is 1. The Balaban J connectivity index is 1.45. The minimum atomic E-state index is -5.06. The molecular formula is C28H32F6O. The first kappa shape index (κ1) is 25.9. The van der Waals surface area contributed by atoms with Crippen molar-refractivity contribution < 1.29 is 31.1 Å². The minimum absolute atomic E-state index is 0.0743. The molecule has 35 heavy (non-hydrogen) atoms. The van der Waals surface area contributed by atoms with Crippen LogP contribution in [-0.2, 0) is 0 Å². The Hall–Kier alpha value is -2.18. The highest BCUT2D eigenvalue weighted by Gasteiger charge is 2.36. The van der Waals surface area contributed by atoms with Crippen molar-refractivity contribution in [2.45, 2.75) is 83.4 Å². The predicted octanol–water partition coefficient (Wildman–Crippen LogP) is 9.55. The van der Waals surface area contributed by atoms with Crippen molar-refractivity contribution in [3.63, 3.8) is 0 Å². The number of hydrogen-bond acceptors (Lipinski definition) is 1. The van der Waals surface area contributed by atoms with Crippen LogP contribution < -0.4 is 4.74 Å². The van der Waals surface area contributed by atoms with Crippen LogP contribution in [0.25, 0.3) is 11.1 Å². The van der Waals surface area contributed by atoms with Gasteiger partial charge < -0.3 is 4.74 Å². The third-order valence-corrected chi connectivity index (χ3v) is 7.92. The number of hydrogen-bond donors (Lipinski definition) is 0. The van der Waals surface area contributed by atoms with E-state index in [1.807, 2.05) is 0 Å². The molecule has 4 atom stereocenters. The third kappa shape index (κ3) is 6.34. The van der Waals surface area contributed by atoms with E-state index in [4.69, 9.17) is 0 Å². The van der Waals surface area contributed by atoms with Crippen molar-refractivity contribution >= 4 is 0 Å². The standard InChI is InChI=1S/C28H32F6O/c1-2-3-4-5-17-6-7-19-13-20(9-8-18(19)12-17)22-15-24(30)27(25(31)16-22)21-10-11-26(23(29)14-21)35-28(32,33)34/h10-11,14-20H,2-9,12-13H2,1H3. The molecule has 0 radical (unpaired) electrons. The van der Waals surface area contributed by atoms with Crippen molar-refractivity contribution in [1.29, 1.82) is 0 Å². The van der Waals surface area contributed by atoms with E-state index in [2.05, 4.69) is 11.7 Å². The molecule has 2 aliphatic rings. The van der Waals surface area contributed by atoms with Crippen LogP contribution in [0.3, 0.4) is 0 Å². The van der Waals surface area contributed by atoms with Gasteiger partial charge in [0.25, 0.3) is 0 Å². The summed E-state index contributed by atoms with van der Waals surface area (Å²) >= 11 is 0. The average molecular weight is 499 g/mol. The molecular weight excluding hydrogens is 466 g/mol. The summed E-state index contributed by atoms with van der Waals surface area (Å²) in [4.78, 5) is 0. The Morgan fingerprint density at radius 1 is 0.829 bits per heavy atom. The topological polar surface area (TPSA) is 9.23 Å². The van der Waals surface area contributed by atoms with Crippen molar-refractivity contribution in [2.24, 2.45) is 17.8 Å². The van der Waals surface area contributed by atoms with Crippen LogP contribution in [-0.4, -0.2) is 6.36 Å². The molecule has 0 aliphatic heterocycles. The van der Waals surface area contributed by atoms with E-state index in [0.29, 0.717) is 23.5 Å². The number of alkyl halides is 3. The lowest BCUT2D eigenvalue weighted by Gasteiger charge is -2.42. The Bertz CT molecular complexity index is 994. The molecule has 7 heteroatoms. The fourth-order valence-electron chi connectivity index (χ4n) is 6.20. The Morgan fingerprint density at radius 2 is 1.51 bits per heavy atom. The average Bonchev–Trinajstić information content (AvgIpc) is 2.79. The first-order valence-corrected chi connectivity index (χ1v) is 12.7. The molecule has 1 nitrogen and oxygen atoms in total. The summed E-state index contributed by atoms with van der Waals surface area (Å²) in [6.07, 6.45) is 6.62. The van der Waals surface area contributed by atoms with Crippen LogP contribution in [0.1, 0.15) is 82.6 Å². The zero-order valence-electron chi connectivity index (χ0n) is 19.9. The van der Waals surface area contributed by atoms with Crippen molar-refractivity contribution in [3.8, 4) is 16.9 Å². The second-order valence-corrected chi connectivity index (χ2v) is 10.3. The molecule has 2 aromatic rings. The lowest BCUT2D eigenvalue weighted by molar-refractivity contribution is -0.275. The Kier molecular flexibility index (Phi) is 8.02. The number of unbranched alkanes of at least 4 members (excludes halogenated alkanes) is 2. The lowest BCUT2D eigenvalue weighted by atomic mass is 9.63. The second kappa shape index (κ2) is 10.8. The first-order chi connectivity index (χ1) is 16.6. The van der Waals surface area contributed by atoms with Gasteiger partial charge in [0.15, 0.2) is 11.6 Å². The molecule has 192 valence electrons. The van der Waals surface area contributed by atoms with Crippen LogP contribution in [0.15, 0.2) is 30.3 Å². The van der Waals surface area contributed by atoms with Gasteiger partial charge in [-0.05, 0) is 91.2 Å². The van der Waals surface area contributed by atoms with Gasteiger partial charge in [-0.25, -0.2) is 13.2 Å². The summed E-state index contributed by atoms with van der Waals surface area (Å²) in [5.41, 5.74) is -0.0269. The van der Waals surface area contributed by atoms with E-state index in [1.54, 1.807) is 0 Å². The Labute approximate surface area is 202 Å². The summed E-state index contributed by atoms with van der Waals surface area (Å²) in [5.74, 6) is -1.91. The molecule has 0 spiro atoms. The van der Waals surface area contributed by atoms with E-state index < -0.39 is 35.1 Å². The van der Waals surface area contributed by atoms with Gasteiger partial charge in [-0.2, -0.15) is 0 Å². The zero-order valence-corrected chi connectivity index (χ0v) is 19.9. The first-order valence-electron chi connectivity index (χ1n) is 12.7. The molecule has 4 unspecified atom stereocenters. The molecule has 0 heterocycles. The van der Waals surface area contributed by atoms with Crippen LogP contribution in [0, 0.1) is 35.2 Å². The quantitative estimate of drug-likeness (QED) is 0.273. The largest absolute Gasteiger partial charge is 0.573 e. The maximum atomic E-state index is 15.0. The summed E-state index contributed by atoms with van der Waals surface area (Å²) in [6, 6.07) is 5.02. The minimum Gasteiger partial charge on any atom is -0.403 e. The number of rotatable bonds is 7. The van der Waals surface area contributed by atoms with Gasteiger partial charge in [0.1, 0.15) is 11.6 Å². The normalized spacial score (nSPS) is 24.8. The molecule has 0 saturated heterocycles. The smallest absolute Gasteiger partial charge is 0.403 e. The van der Waals surface area contributed by atoms with E-state index in [-0.39, 0.29) is 11.5 Å². The number of fused-ring (bicyclic) bond motifs is 1. The van der Waals surface area contributed by atoms with Gasteiger partial charge in [0.05, 0.1) is 5.56 Å². The highest BCUT2D eigenvalue weighted by atomic mass is 19.4. The van der Waals surface area contributed by atoms with Gasteiger partial charge in [0, 0.05) is 0 Å². The summed E-state index contributed by atoms with van der Waals surface area (Å²) in [7, 11) is 0. The van der Waals surface area contributed by atoms with Gasteiger partial charge in [-0.15, -0.1) is 13.2 Å². The number of halogens is 6. The SMILES string of the molecule is CCCCCC1CCC2CC(c3cc(F)c(-c4ccc(OC(F)(F)F)c(F)c4)c(F)c3)CCC2C1. The molecule has 0 aromatic heterocycles. The number of benzene rings is 2. The van der Waals surface area contributed by atoms with Crippen LogP contribution in [0.2, 0.25) is 0 Å². The van der Waals surface area contributed by atoms with Crippen molar-refractivity contribution in [2.75, 3.05) is 0 Å². The molecule has 2 fully saturated rings. The highest BCUT2D eigenvalue weighted by Crippen LogP contribution is 2.49. The maximum absolute atomic E-state index is 15.0. The van der Waals surface area contributed by atoms with Gasteiger partial charge in [-0.1, -0.05) is 45.1 Å². The lowest BCUT2D eigenvalue weighted by Crippen LogP contribution is -2.30. The molecule has 0 N–H and O–H groups in total. The molecule has 0 amide bonds. The molecule has 2 aliphatic carbocycles. The zero-order chi connectivity index (χ0) is 25.2. The van der Waals surface area contributed by atoms with E-state index in [9.17, 15) is 17.6 Å². The maximum Gasteiger partial charge on any atom is 0.573 e. The summed E-state index contributed by atoms with van der Waals surface area (Å²) < 4.78 is 84.8. The molecule has 2 aromatic carbocycles. The molecule has 2 saturated carbocycles. The van der Waals surface area contributed by atoms with Gasteiger partial charge >= 0.3 is 6.36 Å². The predicted molar refractivity (Wildman–Crippen MR) is 123 cm³/mol. The monoisotopic (exact) mass is 498 g/mol. The van der Waals surface area contributed by atoms with Crippen LogP contribution >= 0.6 is 0 Å². The van der Waals surface area contributed by atoms with Gasteiger partial charge in [-0.3, -0.25) is 0 Å². The summed E-state index contributed by atoms with van der Waals surface area (Å²) in [5, 5.41) is 0. The van der Waals surface area contributed by atoms with Crippen molar-refractivity contribution in [1.82, 2.24) is 0 Å². The van der Waals surface area contributed by atoms with Crippen molar-refractivity contribution in [3.05, 3.63) is 53.3 Å². The van der Waals surface area contributed by atoms with E-state index in [0.717, 1.165) is 37.3 Å². The fraction of sp³-hybridized carbons (Fsp3) is 0.571. The van der Waals surface area contributed by atoms with Crippen LogP contribution in [0.4, 0.5) is 26.3 Å². The highest BCUT2D eigenvalue weighted by molar-refractivity contribution is 5.66. The van der Waals surface area contributed by atoms with E-state index >= 15 is 8.78 Å². The van der Waals surface area contributed by atoms with Crippen LogP contribution in [0.5, 0.6) is 5.75 Å². The third-order valence-electron chi connectivity index (χ3n) is 7.92. The molecule has 4 rings (SSSR count). The van der Waals surface area contributed by atoms with Gasteiger partial charge in [0.2, 0.25) is 0 Å². The summed E-state index contributed by atoms with van der Waals surface area (Å²) in [6.45, 7) is 2.22. The second-order valence-electron chi connectivity index (χ2n) is 10.3. The Morgan fingerprint density at radius 3 is 2.17 bits per heavy atom. The fourth-order valence-corrected chi connectivity index (χ4v) is 6.20.